The summed E-state index contributed by atoms with van der Waals surface area (Å²) in [6, 6.07) is 11.3. The highest BCUT2D eigenvalue weighted by molar-refractivity contribution is 7.85. The maximum Gasteiger partial charge on any atom is 0.0856 e. The van der Waals surface area contributed by atoms with E-state index < -0.39 is 10.8 Å². The van der Waals surface area contributed by atoms with Gasteiger partial charge in [-0.3, -0.25) is 0 Å². The highest BCUT2D eigenvalue weighted by Crippen LogP contribution is 2.36. The van der Waals surface area contributed by atoms with Gasteiger partial charge in [-0.25, -0.2) is 4.21 Å². The molecule has 0 spiro atoms. The Hall–Kier alpha value is -1.81. The van der Waals surface area contributed by atoms with Crippen LogP contribution in [0.4, 0.5) is 11.4 Å². The van der Waals surface area contributed by atoms with Gasteiger partial charge >= 0.3 is 0 Å². The zero-order chi connectivity index (χ0) is 12.0. The zero-order valence-electron chi connectivity index (χ0n) is 9.14. The van der Waals surface area contributed by atoms with E-state index in [1.165, 1.54) is 0 Å². The van der Waals surface area contributed by atoms with Crippen molar-refractivity contribution < 1.29 is 4.21 Å². The molecule has 0 aromatic heterocycles. The molecular formula is C13H12N2OS. The van der Waals surface area contributed by atoms with Crippen LogP contribution in [-0.2, 0) is 17.2 Å². The van der Waals surface area contributed by atoms with Gasteiger partial charge in [-0.1, -0.05) is 18.2 Å². The Balaban J connectivity index is 2.27. The first-order valence-electron chi connectivity index (χ1n) is 5.35. The number of rotatable bonds is 0. The quantitative estimate of drug-likeness (QED) is 0.594. The number of nitrogen functional groups attached to an aromatic ring is 2. The molecule has 3 rings (SSSR count). The third-order valence-electron chi connectivity index (χ3n) is 3.09. The van der Waals surface area contributed by atoms with Crippen LogP contribution in [0.2, 0.25) is 0 Å². The third-order valence-corrected chi connectivity index (χ3v) is 4.67. The first kappa shape index (κ1) is 10.4. The van der Waals surface area contributed by atoms with Crippen molar-refractivity contribution in [3.05, 3.63) is 47.5 Å². The molecule has 2 aromatic rings. The van der Waals surface area contributed by atoms with Gasteiger partial charge in [-0.2, -0.15) is 0 Å². The molecule has 4 heteroatoms. The number of hydrogen-bond acceptors (Lipinski definition) is 3. The van der Waals surface area contributed by atoms with Gasteiger partial charge in [0.1, 0.15) is 0 Å². The maximum absolute atomic E-state index is 12.4. The molecule has 2 aromatic carbocycles. The summed E-state index contributed by atoms with van der Waals surface area (Å²) in [7, 11) is -1.14. The summed E-state index contributed by atoms with van der Waals surface area (Å²) in [6.07, 6.45) is 0.702. The molecule has 0 bridgehead atoms. The van der Waals surface area contributed by atoms with E-state index >= 15 is 0 Å². The van der Waals surface area contributed by atoms with Crippen molar-refractivity contribution >= 4 is 22.2 Å². The Kier molecular flexibility index (Phi) is 2.19. The van der Waals surface area contributed by atoms with Crippen LogP contribution < -0.4 is 11.5 Å². The Bertz CT molecular complexity index is 637. The number of hydrogen-bond donors (Lipinski definition) is 2. The lowest BCUT2D eigenvalue weighted by molar-refractivity contribution is 0.679. The molecule has 0 saturated carbocycles. The molecule has 1 aliphatic rings. The maximum atomic E-state index is 12.4. The van der Waals surface area contributed by atoms with E-state index in [0.29, 0.717) is 17.8 Å². The van der Waals surface area contributed by atoms with Crippen molar-refractivity contribution in [1.29, 1.82) is 0 Å². The van der Waals surface area contributed by atoms with Crippen molar-refractivity contribution in [1.82, 2.24) is 0 Å². The van der Waals surface area contributed by atoms with Crippen LogP contribution in [0.5, 0.6) is 0 Å². The molecule has 86 valence electrons. The van der Waals surface area contributed by atoms with Gasteiger partial charge in [0.05, 0.1) is 22.2 Å². The molecule has 1 unspecified atom stereocenters. The summed E-state index contributed by atoms with van der Waals surface area (Å²) < 4.78 is 12.4. The van der Waals surface area contributed by atoms with Gasteiger partial charge in [0, 0.05) is 16.2 Å². The molecular weight excluding hydrogens is 232 g/mol. The van der Waals surface area contributed by atoms with Gasteiger partial charge in [-0.15, -0.1) is 0 Å². The lowest BCUT2D eigenvalue weighted by Gasteiger charge is -2.21. The molecule has 3 nitrogen and oxygen atoms in total. The fraction of sp³-hybridized carbons (Fsp3) is 0.0769. The Morgan fingerprint density at radius 3 is 2.59 bits per heavy atom. The second-order valence-electron chi connectivity index (χ2n) is 4.10. The van der Waals surface area contributed by atoms with Gasteiger partial charge in [0.15, 0.2) is 0 Å². The minimum absolute atomic E-state index is 0.556. The summed E-state index contributed by atoms with van der Waals surface area (Å²) in [5.41, 5.74) is 14.8. The molecule has 0 fully saturated rings. The van der Waals surface area contributed by atoms with Crippen LogP contribution in [0.3, 0.4) is 0 Å². The number of benzene rings is 2. The van der Waals surface area contributed by atoms with E-state index in [-0.39, 0.29) is 0 Å². The molecule has 0 amide bonds. The largest absolute Gasteiger partial charge is 0.397 e. The summed E-state index contributed by atoms with van der Waals surface area (Å²) in [5, 5.41) is 0. The summed E-state index contributed by atoms with van der Waals surface area (Å²) >= 11 is 0. The standard InChI is InChI=1S/C13H12N2OS/c14-10-5-6-12-9(13(10)15)7-8-3-1-2-4-11(8)17(12)16/h1-6H,7,14-15H2. The van der Waals surface area contributed by atoms with Crippen LogP contribution in [0, 0.1) is 0 Å². The van der Waals surface area contributed by atoms with Crippen LogP contribution in [0.1, 0.15) is 11.1 Å². The predicted molar refractivity (Wildman–Crippen MR) is 69.2 cm³/mol. The van der Waals surface area contributed by atoms with E-state index in [9.17, 15) is 4.21 Å². The Morgan fingerprint density at radius 2 is 1.76 bits per heavy atom. The molecule has 1 aliphatic heterocycles. The molecule has 17 heavy (non-hydrogen) atoms. The van der Waals surface area contributed by atoms with E-state index in [1.807, 2.05) is 30.3 Å². The average Bonchev–Trinajstić information content (AvgIpc) is 2.35. The highest BCUT2D eigenvalue weighted by Gasteiger charge is 2.23. The van der Waals surface area contributed by atoms with Gasteiger partial charge in [-0.05, 0) is 29.3 Å². The first-order valence-corrected chi connectivity index (χ1v) is 6.50. The molecule has 0 saturated heterocycles. The average molecular weight is 244 g/mol. The van der Waals surface area contributed by atoms with E-state index in [0.717, 1.165) is 20.9 Å². The normalized spacial score (nSPS) is 17.3. The first-order chi connectivity index (χ1) is 8.18. The SMILES string of the molecule is Nc1ccc2c(c1N)Cc1ccccc1S2=O. The lowest BCUT2D eigenvalue weighted by Crippen LogP contribution is -2.12. The van der Waals surface area contributed by atoms with Crippen LogP contribution >= 0.6 is 0 Å². The Labute approximate surface area is 102 Å². The highest BCUT2D eigenvalue weighted by atomic mass is 32.2. The number of anilines is 2. The fourth-order valence-corrected chi connectivity index (χ4v) is 3.57. The molecule has 1 atom stereocenters. The minimum Gasteiger partial charge on any atom is -0.397 e. The smallest absolute Gasteiger partial charge is 0.0856 e. The second kappa shape index (κ2) is 3.60. The topological polar surface area (TPSA) is 69.1 Å². The van der Waals surface area contributed by atoms with Crippen molar-refractivity contribution in [2.75, 3.05) is 11.5 Å². The fourth-order valence-electron chi connectivity index (χ4n) is 2.16. The molecule has 0 radical (unpaired) electrons. The van der Waals surface area contributed by atoms with Crippen LogP contribution in [-0.4, -0.2) is 4.21 Å². The van der Waals surface area contributed by atoms with Crippen LogP contribution in [0.15, 0.2) is 46.2 Å². The van der Waals surface area contributed by atoms with Gasteiger partial charge in [0.25, 0.3) is 0 Å². The summed E-state index contributed by atoms with van der Waals surface area (Å²) in [5.74, 6) is 0. The second-order valence-corrected chi connectivity index (χ2v) is 5.52. The van der Waals surface area contributed by atoms with Gasteiger partial charge < -0.3 is 11.5 Å². The van der Waals surface area contributed by atoms with Gasteiger partial charge in [0.2, 0.25) is 0 Å². The molecule has 1 heterocycles. The monoisotopic (exact) mass is 244 g/mol. The lowest BCUT2D eigenvalue weighted by atomic mass is 10.0. The predicted octanol–water partition coefficient (Wildman–Crippen LogP) is 1.92. The van der Waals surface area contributed by atoms with Crippen molar-refractivity contribution in [2.45, 2.75) is 16.2 Å². The third kappa shape index (κ3) is 1.45. The van der Waals surface area contributed by atoms with Crippen molar-refractivity contribution in [3.63, 3.8) is 0 Å². The Morgan fingerprint density at radius 1 is 1.00 bits per heavy atom. The van der Waals surface area contributed by atoms with Crippen LogP contribution in [0.25, 0.3) is 0 Å². The zero-order valence-corrected chi connectivity index (χ0v) is 9.96. The molecule has 4 N–H and O–H groups in total. The van der Waals surface area contributed by atoms with E-state index in [2.05, 4.69) is 0 Å². The summed E-state index contributed by atoms with van der Waals surface area (Å²) in [4.78, 5) is 1.67. The number of nitrogens with two attached hydrogens (primary N) is 2. The minimum atomic E-state index is -1.14. The van der Waals surface area contributed by atoms with Crippen molar-refractivity contribution in [2.24, 2.45) is 0 Å². The summed E-state index contributed by atoms with van der Waals surface area (Å²) in [6.45, 7) is 0. The number of fused-ring (bicyclic) bond motifs is 2. The van der Waals surface area contributed by atoms with E-state index in [1.54, 1.807) is 6.07 Å². The molecule has 0 aliphatic carbocycles. The van der Waals surface area contributed by atoms with Crippen molar-refractivity contribution in [3.8, 4) is 0 Å². The van der Waals surface area contributed by atoms with E-state index in [4.69, 9.17) is 11.5 Å².